The van der Waals surface area contributed by atoms with Gasteiger partial charge in [0.25, 0.3) is 0 Å². The van der Waals surface area contributed by atoms with E-state index < -0.39 is 17.7 Å². The first kappa shape index (κ1) is 32.4. The van der Waals surface area contributed by atoms with E-state index in [0.29, 0.717) is 31.6 Å². The molecule has 49 heavy (non-hydrogen) atoms. The SMILES string of the molecule is CC(C)(C)OC(=O)N1CCC[C@H]1c1ncc(-c2ccc(-c3ccc4c(c3)C(C)(C)c3cc(NC(=O)[C@@H]5CCCN5C(=O)O)ccc3-4)cc2)[nH]1. The number of aromatic nitrogens is 2. The summed E-state index contributed by atoms with van der Waals surface area (Å²) in [6, 6.07) is 20.2. The van der Waals surface area contributed by atoms with Crippen molar-refractivity contribution in [3.05, 3.63) is 83.8 Å². The van der Waals surface area contributed by atoms with Crippen LogP contribution in [0, 0.1) is 0 Å². The van der Waals surface area contributed by atoms with Crippen LogP contribution in [0.2, 0.25) is 0 Å². The van der Waals surface area contributed by atoms with Gasteiger partial charge in [-0.1, -0.05) is 56.3 Å². The molecule has 2 atom stereocenters. The first-order valence-corrected chi connectivity index (χ1v) is 17.1. The molecule has 3 aromatic carbocycles. The van der Waals surface area contributed by atoms with Crippen LogP contribution in [0.25, 0.3) is 33.5 Å². The smallest absolute Gasteiger partial charge is 0.410 e. The molecule has 0 radical (unpaired) electrons. The second-order valence-corrected chi connectivity index (χ2v) is 14.9. The van der Waals surface area contributed by atoms with Crippen molar-refractivity contribution in [1.82, 2.24) is 19.8 Å². The molecular weight excluding hydrogens is 618 g/mol. The van der Waals surface area contributed by atoms with Crippen LogP contribution < -0.4 is 5.32 Å². The summed E-state index contributed by atoms with van der Waals surface area (Å²) in [6.45, 7) is 11.1. The number of aromatic amines is 1. The van der Waals surface area contributed by atoms with E-state index >= 15 is 0 Å². The van der Waals surface area contributed by atoms with Crippen molar-refractivity contribution in [1.29, 1.82) is 0 Å². The molecule has 10 heteroatoms. The van der Waals surface area contributed by atoms with E-state index in [1.165, 1.54) is 16.0 Å². The van der Waals surface area contributed by atoms with Crippen molar-refractivity contribution in [2.75, 3.05) is 18.4 Å². The van der Waals surface area contributed by atoms with E-state index in [1.807, 2.05) is 45.2 Å². The fourth-order valence-corrected chi connectivity index (χ4v) is 7.57. The van der Waals surface area contributed by atoms with Gasteiger partial charge in [0.1, 0.15) is 17.5 Å². The van der Waals surface area contributed by atoms with E-state index in [-0.39, 0.29) is 23.5 Å². The maximum Gasteiger partial charge on any atom is 0.410 e. The number of H-pyrrole nitrogens is 1. The minimum atomic E-state index is -1.06. The number of rotatable bonds is 5. The number of ether oxygens (including phenoxy) is 1. The molecule has 10 nitrogen and oxygen atoms in total. The van der Waals surface area contributed by atoms with Crippen molar-refractivity contribution < 1.29 is 24.2 Å². The van der Waals surface area contributed by atoms with E-state index in [2.05, 4.69) is 71.6 Å². The molecule has 2 fully saturated rings. The summed E-state index contributed by atoms with van der Waals surface area (Å²) in [5.74, 6) is 0.484. The lowest BCUT2D eigenvalue weighted by molar-refractivity contribution is -0.119. The first-order chi connectivity index (χ1) is 23.3. The zero-order valence-electron chi connectivity index (χ0n) is 28.7. The van der Waals surface area contributed by atoms with Crippen LogP contribution in [0.4, 0.5) is 15.3 Å². The van der Waals surface area contributed by atoms with Crippen LogP contribution in [-0.2, 0) is 14.9 Å². The third-order valence-corrected chi connectivity index (χ3v) is 10.1. The maximum absolute atomic E-state index is 13.0. The summed E-state index contributed by atoms with van der Waals surface area (Å²) in [6.07, 6.45) is 3.42. The third-order valence-electron chi connectivity index (χ3n) is 10.1. The van der Waals surface area contributed by atoms with E-state index in [4.69, 9.17) is 4.74 Å². The molecule has 1 aromatic heterocycles. The fraction of sp³-hybridized carbons (Fsp3) is 0.385. The highest BCUT2D eigenvalue weighted by Crippen LogP contribution is 2.50. The summed E-state index contributed by atoms with van der Waals surface area (Å²) in [5, 5.41) is 12.5. The van der Waals surface area contributed by atoms with E-state index in [0.717, 1.165) is 52.2 Å². The average Bonchev–Trinajstić information content (AvgIpc) is 3.87. The largest absolute Gasteiger partial charge is 0.465 e. The summed E-state index contributed by atoms with van der Waals surface area (Å²) in [4.78, 5) is 48.5. The van der Waals surface area contributed by atoms with Crippen LogP contribution in [0.5, 0.6) is 0 Å². The monoisotopic (exact) mass is 661 g/mol. The number of amides is 3. The molecule has 1 aliphatic carbocycles. The highest BCUT2D eigenvalue weighted by Gasteiger charge is 2.38. The Morgan fingerprint density at radius 2 is 1.51 bits per heavy atom. The average molecular weight is 662 g/mol. The van der Waals surface area contributed by atoms with Crippen LogP contribution >= 0.6 is 0 Å². The second kappa shape index (κ2) is 12.1. The van der Waals surface area contributed by atoms with E-state index in [9.17, 15) is 19.5 Å². The Bertz CT molecular complexity index is 1940. The number of hydrogen-bond donors (Lipinski definition) is 3. The summed E-state index contributed by atoms with van der Waals surface area (Å²) < 4.78 is 5.64. The zero-order valence-corrected chi connectivity index (χ0v) is 28.7. The molecule has 0 spiro atoms. The van der Waals surface area contributed by atoms with Gasteiger partial charge >= 0.3 is 12.2 Å². The van der Waals surface area contributed by atoms with Gasteiger partial charge in [0.05, 0.1) is 17.9 Å². The Labute approximate surface area is 286 Å². The Balaban J connectivity index is 1.07. The summed E-state index contributed by atoms with van der Waals surface area (Å²) in [7, 11) is 0. The molecule has 0 saturated carbocycles. The Morgan fingerprint density at radius 1 is 0.878 bits per heavy atom. The Hall–Kier alpha value is -5.12. The molecule has 2 aliphatic heterocycles. The van der Waals surface area contributed by atoms with Crippen molar-refractivity contribution in [2.45, 2.75) is 83.4 Å². The lowest BCUT2D eigenvalue weighted by Crippen LogP contribution is -2.42. The highest BCUT2D eigenvalue weighted by molar-refractivity contribution is 5.97. The number of carbonyl (C=O) groups excluding carboxylic acids is 2. The van der Waals surface area contributed by atoms with Crippen LogP contribution in [0.15, 0.2) is 66.9 Å². The van der Waals surface area contributed by atoms with Crippen molar-refractivity contribution in [3.8, 4) is 33.5 Å². The van der Waals surface area contributed by atoms with Crippen LogP contribution in [-0.4, -0.2) is 67.7 Å². The molecule has 0 unspecified atom stereocenters. The Kier molecular flexibility index (Phi) is 8.00. The van der Waals surface area contributed by atoms with Gasteiger partial charge in [-0.05, 0) is 104 Å². The predicted octanol–water partition coefficient (Wildman–Crippen LogP) is 8.20. The molecule has 3 heterocycles. The van der Waals surface area contributed by atoms with Gasteiger partial charge < -0.3 is 20.1 Å². The minimum Gasteiger partial charge on any atom is -0.465 e. The normalized spacial score (nSPS) is 19.4. The minimum absolute atomic E-state index is 0.135. The lowest BCUT2D eigenvalue weighted by atomic mass is 9.81. The topological polar surface area (TPSA) is 128 Å². The fourth-order valence-electron chi connectivity index (χ4n) is 7.57. The lowest BCUT2D eigenvalue weighted by Gasteiger charge is -2.27. The van der Waals surface area contributed by atoms with E-state index in [1.54, 1.807) is 4.90 Å². The molecule has 3 N–H and O–H groups in total. The molecule has 254 valence electrons. The number of anilines is 1. The van der Waals surface area contributed by atoms with Crippen molar-refractivity contribution in [2.24, 2.45) is 0 Å². The second-order valence-electron chi connectivity index (χ2n) is 14.9. The van der Waals surface area contributed by atoms with Gasteiger partial charge in [-0.3, -0.25) is 14.6 Å². The molecule has 3 amide bonds. The van der Waals surface area contributed by atoms with Crippen molar-refractivity contribution in [3.63, 3.8) is 0 Å². The molecule has 2 saturated heterocycles. The predicted molar refractivity (Wildman–Crippen MR) is 188 cm³/mol. The number of imidazole rings is 1. The van der Waals surface area contributed by atoms with Gasteiger partial charge in [-0.2, -0.15) is 0 Å². The number of likely N-dealkylation sites (tertiary alicyclic amines) is 2. The molecule has 3 aliphatic rings. The van der Waals surface area contributed by atoms with Crippen molar-refractivity contribution >= 4 is 23.8 Å². The number of fused-ring (bicyclic) bond motifs is 3. The number of hydrogen-bond acceptors (Lipinski definition) is 5. The standard InChI is InChI=1S/C39H43N5O5/c1-38(2,3)49-37(48)44-19-6-8-32(44)34-40-22-31(42-34)24-12-10-23(11-13-24)25-14-16-27-28-17-15-26(21-30(28)39(4,5)29(27)20-25)41-35(45)33-9-7-18-43(33)36(46)47/h10-17,20-22,32-33H,6-9,18-19H2,1-5H3,(H,40,42)(H,41,45)(H,46,47)/t32-,33-/m0/s1. The number of nitrogens with zero attached hydrogens (tertiary/aromatic N) is 3. The quantitative estimate of drug-likeness (QED) is 0.198. The summed E-state index contributed by atoms with van der Waals surface area (Å²) in [5.41, 5.74) is 8.57. The maximum atomic E-state index is 13.0. The number of nitrogens with one attached hydrogen (secondary N) is 2. The zero-order chi connectivity index (χ0) is 34.7. The van der Waals surface area contributed by atoms with Gasteiger partial charge in [0.15, 0.2) is 0 Å². The molecule has 0 bridgehead atoms. The van der Waals surface area contributed by atoms with Gasteiger partial charge in [0.2, 0.25) is 5.91 Å². The van der Waals surface area contributed by atoms with Gasteiger partial charge in [-0.25, -0.2) is 14.6 Å². The molecule has 4 aromatic rings. The van der Waals surface area contributed by atoms with Gasteiger partial charge in [0, 0.05) is 24.2 Å². The summed E-state index contributed by atoms with van der Waals surface area (Å²) >= 11 is 0. The number of benzene rings is 3. The molecule has 7 rings (SSSR count). The van der Waals surface area contributed by atoms with Gasteiger partial charge in [-0.15, -0.1) is 0 Å². The number of carbonyl (C=O) groups is 3. The third kappa shape index (κ3) is 6.04. The number of carboxylic acid groups (broad SMARTS) is 1. The first-order valence-electron chi connectivity index (χ1n) is 17.1. The van der Waals surface area contributed by atoms with Crippen LogP contribution in [0.3, 0.4) is 0 Å². The van der Waals surface area contributed by atoms with Crippen LogP contribution in [0.1, 0.15) is 83.3 Å². The highest BCUT2D eigenvalue weighted by atomic mass is 16.6. The Morgan fingerprint density at radius 3 is 2.22 bits per heavy atom. The molecular formula is C39H43N5O5.